The Morgan fingerprint density at radius 2 is 1.79 bits per heavy atom. The summed E-state index contributed by atoms with van der Waals surface area (Å²) in [6, 6.07) is 22.8. The van der Waals surface area contributed by atoms with E-state index in [0.29, 0.717) is 29.7 Å². The van der Waals surface area contributed by atoms with E-state index in [-0.39, 0.29) is 17.5 Å². The van der Waals surface area contributed by atoms with Gasteiger partial charge < -0.3 is 20.3 Å². The second-order valence-corrected chi connectivity index (χ2v) is 7.89. The minimum absolute atomic E-state index is 0.158. The molecule has 2 heterocycles. The van der Waals surface area contributed by atoms with Crippen molar-refractivity contribution in [1.82, 2.24) is 4.98 Å². The lowest BCUT2D eigenvalue weighted by molar-refractivity contribution is -0.106. The fourth-order valence-corrected chi connectivity index (χ4v) is 5.21. The molecule has 1 aromatic heterocycles. The average molecular weight is 441 g/mol. The summed E-state index contributed by atoms with van der Waals surface area (Å²) in [7, 11) is 2.97. The topological polar surface area (TPSA) is 125 Å². The summed E-state index contributed by atoms with van der Waals surface area (Å²) in [6.07, 6.45) is 1.12. The van der Waals surface area contributed by atoms with E-state index in [1.807, 2.05) is 48.5 Å². The minimum atomic E-state index is -1.41. The predicted octanol–water partition coefficient (Wildman–Crippen LogP) is 3.46. The summed E-state index contributed by atoms with van der Waals surface area (Å²) in [6.45, 7) is 0. The maximum Gasteiger partial charge on any atom is 0.224 e. The normalized spacial score (nSPS) is 24.2. The van der Waals surface area contributed by atoms with E-state index in [1.54, 1.807) is 18.2 Å². The van der Waals surface area contributed by atoms with Crippen molar-refractivity contribution >= 4 is 0 Å². The Bertz CT molecular complexity index is 1250. The number of nitriles is 2. The van der Waals surface area contributed by atoms with Crippen LogP contribution in [-0.4, -0.2) is 24.2 Å². The lowest BCUT2D eigenvalue weighted by Gasteiger charge is -2.40. The predicted molar refractivity (Wildman–Crippen MR) is 121 cm³/mol. The van der Waals surface area contributed by atoms with Crippen LogP contribution in [0.4, 0.5) is 0 Å². The summed E-state index contributed by atoms with van der Waals surface area (Å²) >= 11 is 0. The standard InChI is InChI=1S/C25H19N3O3.CH5N/c1-30-23-22-21(13-19(15-27)28-23)31-25(18-9-7-16(14-26)8-10-18)20(11-12-24(22,25)29)17-5-3-2-4-6-17;1-2/h2-10,13,20,29H,11-12H2,1H3;2H2,1H3. The molecule has 3 atom stereocenters. The molecule has 3 unspecified atom stereocenters. The molecule has 0 spiro atoms. The monoisotopic (exact) mass is 440 g/mol. The summed E-state index contributed by atoms with van der Waals surface area (Å²) < 4.78 is 12.1. The Morgan fingerprint density at radius 3 is 2.39 bits per heavy atom. The van der Waals surface area contributed by atoms with Crippen LogP contribution in [0.15, 0.2) is 60.7 Å². The molecule has 1 aliphatic carbocycles. The molecular weight excluding hydrogens is 416 g/mol. The lowest BCUT2D eigenvalue weighted by atomic mass is 9.72. The first-order valence-electron chi connectivity index (χ1n) is 10.6. The van der Waals surface area contributed by atoms with Crippen molar-refractivity contribution in [2.75, 3.05) is 14.2 Å². The number of nitrogens with two attached hydrogens (primary N) is 1. The van der Waals surface area contributed by atoms with Crippen molar-refractivity contribution in [2.24, 2.45) is 5.73 Å². The van der Waals surface area contributed by atoms with Gasteiger partial charge in [0, 0.05) is 12.0 Å². The molecule has 33 heavy (non-hydrogen) atoms. The molecule has 7 heteroatoms. The molecule has 2 aliphatic rings. The Balaban J connectivity index is 0.00000126. The zero-order chi connectivity index (χ0) is 23.6. The number of pyridine rings is 1. The third kappa shape index (κ3) is 3.14. The fraction of sp³-hybridized carbons (Fsp3) is 0.269. The van der Waals surface area contributed by atoms with Crippen LogP contribution in [0.5, 0.6) is 11.6 Å². The number of aliphatic hydroxyl groups is 1. The van der Waals surface area contributed by atoms with Gasteiger partial charge in [-0.2, -0.15) is 10.5 Å². The second-order valence-electron chi connectivity index (χ2n) is 7.89. The Hall–Kier alpha value is -3.91. The van der Waals surface area contributed by atoms with Gasteiger partial charge in [0.2, 0.25) is 5.88 Å². The highest BCUT2D eigenvalue weighted by Crippen LogP contribution is 2.67. The van der Waals surface area contributed by atoms with Gasteiger partial charge in [0.25, 0.3) is 0 Å². The van der Waals surface area contributed by atoms with E-state index in [4.69, 9.17) is 9.47 Å². The zero-order valence-electron chi connectivity index (χ0n) is 18.4. The van der Waals surface area contributed by atoms with Crippen LogP contribution >= 0.6 is 0 Å². The van der Waals surface area contributed by atoms with Crippen molar-refractivity contribution in [2.45, 2.75) is 30.0 Å². The number of hydrogen-bond acceptors (Lipinski definition) is 7. The van der Waals surface area contributed by atoms with E-state index in [0.717, 1.165) is 11.1 Å². The first-order valence-corrected chi connectivity index (χ1v) is 10.6. The maximum atomic E-state index is 12.2. The zero-order valence-corrected chi connectivity index (χ0v) is 18.4. The van der Waals surface area contributed by atoms with Crippen LogP contribution in [0.2, 0.25) is 0 Å². The number of methoxy groups -OCH3 is 1. The van der Waals surface area contributed by atoms with E-state index in [2.05, 4.69) is 16.8 Å². The molecule has 3 N–H and O–H groups in total. The van der Waals surface area contributed by atoms with E-state index < -0.39 is 11.2 Å². The van der Waals surface area contributed by atoms with Gasteiger partial charge in [0.1, 0.15) is 23.1 Å². The average Bonchev–Trinajstić information content (AvgIpc) is 3.32. The van der Waals surface area contributed by atoms with Gasteiger partial charge in [-0.15, -0.1) is 0 Å². The first kappa shape index (κ1) is 22.3. The van der Waals surface area contributed by atoms with E-state index in [1.165, 1.54) is 14.2 Å². The van der Waals surface area contributed by atoms with Crippen molar-refractivity contribution in [3.05, 3.63) is 88.6 Å². The molecule has 1 aliphatic heterocycles. The van der Waals surface area contributed by atoms with Gasteiger partial charge in [-0.1, -0.05) is 42.5 Å². The molecule has 0 bridgehead atoms. The molecule has 2 aromatic carbocycles. The highest BCUT2D eigenvalue weighted by Gasteiger charge is 2.69. The highest BCUT2D eigenvalue weighted by atomic mass is 16.5. The molecule has 7 nitrogen and oxygen atoms in total. The van der Waals surface area contributed by atoms with Crippen LogP contribution in [0, 0.1) is 22.7 Å². The van der Waals surface area contributed by atoms with Gasteiger partial charge >= 0.3 is 0 Å². The molecule has 166 valence electrons. The second kappa shape index (κ2) is 8.55. The molecule has 1 fully saturated rings. The van der Waals surface area contributed by atoms with E-state index >= 15 is 0 Å². The van der Waals surface area contributed by atoms with Gasteiger partial charge in [-0.25, -0.2) is 4.98 Å². The molecule has 0 radical (unpaired) electrons. The lowest BCUT2D eigenvalue weighted by Crippen LogP contribution is -2.48. The smallest absolute Gasteiger partial charge is 0.224 e. The Morgan fingerprint density at radius 1 is 1.09 bits per heavy atom. The van der Waals surface area contributed by atoms with Crippen LogP contribution < -0.4 is 15.2 Å². The van der Waals surface area contributed by atoms with Gasteiger partial charge in [-0.3, -0.25) is 0 Å². The molecule has 0 saturated heterocycles. The molecule has 3 aromatic rings. The third-order valence-electron chi connectivity index (χ3n) is 6.49. The summed E-state index contributed by atoms with van der Waals surface area (Å²) in [5.74, 6) is 0.436. The Labute approximate surface area is 192 Å². The molecule has 5 rings (SSSR count). The van der Waals surface area contributed by atoms with Crippen LogP contribution in [0.1, 0.15) is 46.7 Å². The largest absolute Gasteiger partial charge is 0.481 e. The van der Waals surface area contributed by atoms with E-state index in [9.17, 15) is 15.6 Å². The number of benzene rings is 2. The maximum absolute atomic E-state index is 12.2. The molecule has 1 saturated carbocycles. The number of aromatic nitrogens is 1. The minimum Gasteiger partial charge on any atom is -0.481 e. The van der Waals surface area contributed by atoms with Crippen molar-refractivity contribution in [1.29, 1.82) is 10.5 Å². The summed E-state index contributed by atoms with van der Waals surface area (Å²) in [5, 5.41) is 30.9. The molecular formula is C26H24N4O3. The summed E-state index contributed by atoms with van der Waals surface area (Å²) in [5.41, 5.74) is 4.90. The van der Waals surface area contributed by atoms with Crippen molar-refractivity contribution in [3.63, 3.8) is 0 Å². The third-order valence-corrected chi connectivity index (χ3v) is 6.49. The number of nitrogens with zero attached hydrogens (tertiary/aromatic N) is 3. The van der Waals surface area contributed by atoms with Crippen LogP contribution in [-0.2, 0) is 11.2 Å². The van der Waals surface area contributed by atoms with Crippen molar-refractivity contribution < 1.29 is 14.6 Å². The van der Waals surface area contributed by atoms with Gasteiger partial charge in [0.05, 0.1) is 24.3 Å². The molecule has 0 amide bonds. The Kier molecular flexibility index (Phi) is 5.78. The number of hydrogen-bond donors (Lipinski definition) is 2. The van der Waals surface area contributed by atoms with Crippen LogP contribution in [0.25, 0.3) is 0 Å². The van der Waals surface area contributed by atoms with Gasteiger partial charge in [-0.05, 0) is 43.1 Å². The summed E-state index contributed by atoms with van der Waals surface area (Å²) in [4.78, 5) is 4.27. The van der Waals surface area contributed by atoms with Crippen LogP contribution in [0.3, 0.4) is 0 Å². The van der Waals surface area contributed by atoms with Crippen molar-refractivity contribution in [3.8, 4) is 23.8 Å². The first-order chi connectivity index (χ1) is 16.1. The number of fused-ring (bicyclic) bond motifs is 3. The number of rotatable bonds is 3. The SMILES string of the molecule is CN.COc1nc(C#N)cc2c1C1(O)CCC(c3ccccc3)C1(c1ccc(C#N)cc1)O2. The quantitative estimate of drug-likeness (QED) is 0.639. The number of ether oxygens (including phenoxy) is 2. The fourth-order valence-electron chi connectivity index (χ4n) is 5.21. The van der Waals surface area contributed by atoms with Gasteiger partial charge in [0.15, 0.2) is 5.60 Å². The highest BCUT2D eigenvalue weighted by molar-refractivity contribution is 5.58.